The largest absolute Gasteiger partial charge is 0.456 e. The van der Waals surface area contributed by atoms with E-state index in [1.54, 1.807) is 0 Å². The Morgan fingerprint density at radius 3 is 1.68 bits per heavy atom. The van der Waals surface area contributed by atoms with Gasteiger partial charge in [0, 0.05) is 27.7 Å². The predicted octanol–water partition coefficient (Wildman–Crippen LogP) is 17.2. The number of hydrogen-bond donors (Lipinski definition) is 0. The molecule has 0 amide bonds. The number of hydrogen-bond acceptors (Lipinski definition) is 2. The summed E-state index contributed by atoms with van der Waals surface area (Å²) in [5.41, 5.74) is 17.8. The Kier molecular flexibility index (Phi) is 9.02. The van der Waals surface area contributed by atoms with Crippen LogP contribution in [0.25, 0.3) is 77.2 Å². The number of nitrogens with zero attached hydrogens (tertiary/aromatic N) is 1. The summed E-state index contributed by atoms with van der Waals surface area (Å²) < 4.78 is 6.70. The second-order valence-electron chi connectivity index (χ2n) is 18.4. The van der Waals surface area contributed by atoms with E-state index in [9.17, 15) is 0 Å². The molecule has 2 nitrogen and oxygen atoms in total. The van der Waals surface area contributed by atoms with Crippen molar-refractivity contribution in [2.75, 3.05) is 4.90 Å². The first-order valence-electron chi connectivity index (χ1n) is 22.0. The number of rotatable bonds is 7. The molecule has 0 aliphatic heterocycles. The first-order chi connectivity index (χ1) is 30.2. The molecule has 1 aliphatic rings. The fourth-order valence-electron chi connectivity index (χ4n) is 10.0. The van der Waals surface area contributed by atoms with Crippen LogP contribution in [0, 0.1) is 0 Å². The van der Waals surface area contributed by atoms with Crippen LogP contribution in [-0.4, -0.2) is 0 Å². The highest BCUT2D eigenvalue weighted by atomic mass is 16.3. The van der Waals surface area contributed by atoms with E-state index in [-0.39, 0.29) is 10.8 Å². The molecule has 1 heterocycles. The summed E-state index contributed by atoms with van der Waals surface area (Å²) in [6.07, 6.45) is 2.34. The molecule has 11 rings (SSSR count). The highest BCUT2D eigenvalue weighted by Gasteiger charge is 2.38. The Hall–Kier alpha value is -7.16. The Bertz CT molecular complexity index is 3270. The summed E-state index contributed by atoms with van der Waals surface area (Å²) in [5, 5.41) is 4.76. The van der Waals surface area contributed by atoms with E-state index in [2.05, 4.69) is 233 Å². The zero-order chi connectivity index (χ0) is 42.0. The molecular formula is C60H49NO. The first-order valence-corrected chi connectivity index (χ1v) is 22.0. The molecule has 0 fully saturated rings. The quantitative estimate of drug-likeness (QED) is 0.160. The lowest BCUT2D eigenvalue weighted by Crippen LogP contribution is -2.33. The third kappa shape index (κ3) is 6.50. The second-order valence-corrected chi connectivity index (χ2v) is 18.4. The lowest BCUT2D eigenvalue weighted by atomic mass is 9.63. The number of anilines is 3. The normalized spacial score (nSPS) is 14.3. The van der Waals surface area contributed by atoms with Crippen molar-refractivity contribution in [3.05, 3.63) is 211 Å². The lowest BCUT2D eigenvalue weighted by Gasteiger charge is -2.41. The van der Waals surface area contributed by atoms with Crippen LogP contribution in [-0.2, 0) is 10.8 Å². The van der Waals surface area contributed by atoms with Gasteiger partial charge in [-0.1, -0.05) is 173 Å². The fourth-order valence-corrected chi connectivity index (χ4v) is 10.0. The van der Waals surface area contributed by atoms with Gasteiger partial charge in [-0.15, -0.1) is 0 Å². The minimum absolute atomic E-state index is 0.103. The maximum Gasteiger partial charge on any atom is 0.136 e. The molecule has 300 valence electrons. The van der Waals surface area contributed by atoms with Crippen LogP contribution in [0.3, 0.4) is 0 Å². The van der Waals surface area contributed by atoms with Crippen LogP contribution < -0.4 is 4.90 Å². The zero-order valence-corrected chi connectivity index (χ0v) is 35.8. The maximum atomic E-state index is 6.70. The zero-order valence-electron chi connectivity index (χ0n) is 35.8. The van der Waals surface area contributed by atoms with Gasteiger partial charge in [0.25, 0.3) is 0 Å². The van der Waals surface area contributed by atoms with Crippen molar-refractivity contribution in [1.29, 1.82) is 0 Å². The molecule has 10 aromatic rings. The number of fused-ring (bicyclic) bond motifs is 5. The van der Waals surface area contributed by atoms with Crippen molar-refractivity contribution in [1.82, 2.24) is 0 Å². The van der Waals surface area contributed by atoms with Gasteiger partial charge in [0.1, 0.15) is 11.2 Å². The third-order valence-corrected chi connectivity index (χ3v) is 13.5. The van der Waals surface area contributed by atoms with Gasteiger partial charge in [0.2, 0.25) is 0 Å². The molecule has 0 radical (unpaired) electrons. The van der Waals surface area contributed by atoms with Crippen molar-refractivity contribution in [3.8, 4) is 44.5 Å². The molecule has 9 aromatic carbocycles. The lowest BCUT2D eigenvalue weighted by molar-refractivity contribution is 0.332. The van der Waals surface area contributed by atoms with Crippen LogP contribution in [0.4, 0.5) is 17.1 Å². The summed E-state index contributed by atoms with van der Waals surface area (Å²) in [6.45, 7) is 9.57. The molecule has 0 saturated heterocycles. The fraction of sp³-hybridized carbons (Fsp3) is 0.133. The Balaban J connectivity index is 1.10. The van der Waals surface area contributed by atoms with Gasteiger partial charge in [-0.05, 0) is 139 Å². The van der Waals surface area contributed by atoms with Gasteiger partial charge in [0.15, 0.2) is 0 Å². The van der Waals surface area contributed by atoms with E-state index in [0.29, 0.717) is 0 Å². The Morgan fingerprint density at radius 1 is 0.403 bits per heavy atom. The summed E-state index contributed by atoms with van der Waals surface area (Å²) in [5.74, 6) is 0. The maximum absolute atomic E-state index is 6.70. The molecule has 0 unspecified atom stereocenters. The average molecular weight is 800 g/mol. The van der Waals surface area contributed by atoms with E-state index in [4.69, 9.17) is 4.42 Å². The van der Waals surface area contributed by atoms with Gasteiger partial charge in [-0.25, -0.2) is 0 Å². The topological polar surface area (TPSA) is 16.4 Å². The van der Waals surface area contributed by atoms with E-state index in [1.165, 1.54) is 90.0 Å². The Labute approximate surface area is 364 Å². The van der Waals surface area contributed by atoms with Crippen molar-refractivity contribution < 1.29 is 4.42 Å². The molecule has 1 aliphatic carbocycles. The predicted molar refractivity (Wildman–Crippen MR) is 263 cm³/mol. The van der Waals surface area contributed by atoms with Crippen LogP contribution in [0.15, 0.2) is 205 Å². The summed E-state index contributed by atoms with van der Waals surface area (Å²) >= 11 is 0. The van der Waals surface area contributed by atoms with E-state index in [1.807, 2.05) is 0 Å². The molecule has 0 saturated carbocycles. The second kappa shape index (κ2) is 14.8. The van der Waals surface area contributed by atoms with E-state index < -0.39 is 0 Å². The van der Waals surface area contributed by atoms with Gasteiger partial charge < -0.3 is 9.32 Å². The van der Waals surface area contributed by atoms with Crippen LogP contribution in [0.5, 0.6) is 0 Å². The molecule has 1 aromatic heterocycles. The average Bonchev–Trinajstić information content (AvgIpc) is 3.69. The highest BCUT2D eigenvalue weighted by Crippen LogP contribution is 2.50. The van der Waals surface area contributed by atoms with Gasteiger partial charge >= 0.3 is 0 Å². The molecule has 2 heteroatoms. The van der Waals surface area contributed by atoms with Crippen molar-refractivity contribution in [3.63, 3.8) is 0 Å². The molecular weight excluding hydrogens is 751 g/mol. The van der Waals surface area contributed by atoms with Gasteiger partial charge in [0.05, 0.1) is 5.69 Å². The standard InChI is InChI=1S/C60H49NO/c1-59(2)34-35-60(3,4)53-39-56-51(38-52(53)59)58-50(23-15-25-55(58)62-56)45-27-26-42-30-33-48(37-46(42)36-45)61(47-31-28-41(29-32-47)40-16-8-5-9-17-40)54-24-14-22-49(43-18-10-6-11-19-43)57(54)44-20-12-7-13-21-44/h5-33,36-39H,34-35H2,1-4H3. The first kappa shape index (κ1) is 37.8. The molecule has 62 heavy (non-hydrogen) atoms. The minimum atomic E-state index is 0.103. The van der Waals surface area contributed by atoms with Crippen LogP contribution in [0.1, 0.15) is 51.7 Å². The minimum Gasteiger partial charge on any atom is -0.456 e. The molecule has 0 N–H and O–H groups in total. The Morgan fingerprint density at radius 2 is 0.968 bits per heavy atom. The number of benzene rings is 9. The van der Waals surface area contributed by atoms with Crippen molar-refractivity contribution in [2.45, 2.75) is 51.4 Å². The molecule has 0 atom stereocenters. The highest BCUT2D eigenvalue weighted by molar-refractivity contribution is 6.13. The monoisotopic (exact) mass is 799 g/mol. The van der Waals surface area contributed by atoms with Crippen molar-refractivity contribution >= 4 is 49.8 Å². The van der Waals surface area contributed by atoms with Gasteiger partial charge in [-0.2, -0.15) is 0 Å². The molecule has 0 spiro atoms. The smallest absolute Gasteiger partial charge is 0.136 e. The van der Waals surface area contributed by atoms with Crippen LogP contribution in [0.2, 0.25) is 0 Å². The van der Waals surface area contributed by atoms with Gasteiger partial charge in [-0.3, -0.25) is 0 Å². The third-order valence-electron chi connectivity index (χ3n) is 13.5. The molecule has 0 bridgehead atoms. The summed E-state index contributed by atoms with van der Waals surface area (Å²) in [7, 11) is 0. The van der Waals surface area contributed by atoms with E-state index in [0.717, 1.165) is 28.2 Å². The SMILES string of the molecule is CC1(C)CCC(C)(C)c2cc3c(cc21)oc1cccc(-c2ccc4ccc(N(c5ccc(-c6ccccc6)cc5)c5cccc(-c6ccccc6)c5-c5ccccc5)cc4c2)c13. The van der Waals surface area contributed by atoms with E-state index >= 15 is 0 Å². The van der Waals surface area contributed by atoms with Crippen LogP contribution >= 0.6 is 0 Å². The number of furan rings is 1. The van der Waals surface area contributed by atoms with Crippen molar-refractivity contribution in [2.24, 2.45) is 0 Å². The summed E-state index contributed by atoms with van der Waals surface area (Å²) in [6, 6.07) is 73.1. The summed E-state index contributed by atoms with van der Waals surface area (Å²) in [4.78, 5) is 2.44.